The molecule has 1 aromatic rings. The largest absolute Gasteiger partial charge is 0.369 e. The highest BCUT2D eigenvalue weighted by molar-refractivity contribution is 5.94. The maximum Gasteiger partial charge on any atom is 0.253 e. The summed E-state index contributed by atoms with van der Waals surface area (Å²) in [5.41, 5.74) is 5.65. The van der Waals surface area contributed by atoms with Crippen LogP contribution in [0.5, 0.6) is 0 Å². The van der Waals surface area contributed by atoms with E-state index in [0.717, 1.165) is 6.42 Å². The molecule has 1 aromatic carbocycles. The maximum atomic E-state index is 13.1. The minimum absolute atomic E-state index is 0.0257. The number of amides is 3. The molecule has 2 fully saturated rings. The zero-order chi connectivity index (χ0) is 18.7. The molecule has 140 valence electrons. The molecule has 26 heavy (non-hydrogen) atoms. The molecule has 0 bridgehead atoms. The Labute approximate surface area is 154 Å². The molecule has 2 saturated heterocycles. The number of nitrogens with two attached hydrogens (primary N) is 1. The molecule has 0 aliphatic carbocycles. The molecule has 2 aliphatic rings. The van der Waals surface area contributed by atoms with Crippen LogP contribution in [0.15, 0.2) is 30.3 Å². The molecule has 3 amide bonds. The van der Waals surface area contributed by atoms with Gasteiger partial charge in [0.15, 0.2) is 0 Å². The lowest BCUT2D eigenvalue weighted by molar-refractivity contribution is -0.144. The van der Waals surface area contributed by atoms with E-state index in [4.69, 9.17) is 5.73 Å². The van der Waals surface area contributed by atoms with Crippen LogP contribution in [0.25, 0.3) is 0 Å². The van der Waals surface area contributed by atoms with Crippen molar-refractivity contribution in [2.24, 2.45) is 17.1 Å². The van der Waals surface area contributed by atoms with Gasteiger partial charge >= 0.3 is 0 Å². The van der Waals surface area contributed by atoms with Crippen molar-refractivity contribution in [3.8, 4) is 0 Å². The SMILES string of the molecule is CCC1(C(=O)N2CCC(C(N)=O)C2)CCN(C(=O)c2ccccc2)CC1. The number of hydrogen-bond acceptors (Lipinski definition) is 3. The molecule has 0 aromatic heterocycles. The topological polar surface area (TPSA) is 83.7 Å². The number of carbonyl (C=O) groups is 3. The van der Waals surface area contributed by atoms with Gasteiger partial charge in [0, 0.05) is 31.7 Å². The predicted molar refractivity (Wildman–Crippen MR) is 98.2 cm³/mol. The van der Waals surface area contributed by atoms with Gasteiger partial charge in [-0.2, -0.15) is 0 Å². The first-order valence-electron chi connectivity index (χ1n) is 9.40. The smallest absolute Gasteiger partial charge is 0.253 e. The lowest BCUT2D eigenvalue weighted by Gasteiger charge is -2.42. The van der Waals surface area contributed by atoms with Gasteiger partial charge in [-0.3, -0.25) is 14.4 Å². The standard InChI is InChI=1S/C20H27N3O3/c1-2-20(19(26)23-11-8-16(14-23)17(21)24)9-12-22(13-10-20)18(25)15-6-4-3-5-7-15/h3-7,16H,2,8-14H2,1H3,(H2,21,24). The summed E-state index contributed by atoms with van der Waals surface area (Å²) in [5.74, 6) is -0.407. The number of primary amides is 1. The van der Waals surface area contributed by atoms with Crippen molar-refractivity contribution in [3.63, 3.8) is 0 Å². The van der Waals surface area contributed by atoms with Crippen molar-refractivity contribution in [2.45, 2.75) is 32.6 Å². The molecule has 2 aliphatic heterocycles. The molecular weight excluding hydrogens is 330 g/mol. The quantitative estimate of drug-likeness (QED) is 0.889. The van der Waals surface area contributed by atoms with E-state index in [1.54, 1.807) is 4.90 Å². The highest BCUT2D eigenvalue weighted by Crippen LogP contribution is 2.38. The summed E-state index contributed by atoms with van der Waals surface area (Å²) in [6.45, 7) is 4.23. The lowest BCUT2D eigenvalue weighted by Crippen LogP contribution is -2.51. The van der Waals surface area contributed by atoms with Crippen molar-refractivity contribution in [3.05, 3.63) is 35.9 Å². The third-order valence-corrected chi connectivity index (χ3v) is 6.04. The molecule has 1 unspecified atom stereocenters. The fourth-order valence-corrected chi connectivity index (χ4v) is 4.13. The van der Waals surface area contributed by atoms with E-state index in [9.17, 15) is 14.4 Å². The molecule has 2 N–H and O–H groups in total. The molecular formula is C20H27N3O3. The predicted octanol–water partition coefficient (Wildman–Crippen LogP) is 1.65. The normalized spacial score (nSPS) is 22.3. The van der Waals surface area contributed by atoms with Crippen molar-refractivity contribution in [1.82, 2.24) is 9.80 Å². The molecule has 0 radical (unpaired) electrons. The van der Waals surface area contributed by atoms with Gasteiger partial charge in [0.25, 0.3) is 5.91 Å². The highest BCUT2D eigenvalue weighted by Gasteiger charge is 2.44. The third kappa shape index (κ3) is 3.45. The van der Waals surface area contributed by atoms with E-state index in [0.29, 0.717) is 51.0 Å². The van der Waals surface area contributed by atoms with E-state index in [1.807, 2.05) is 42.2 Å². The van der Waals surface area contributed by atoms with Crippen LogP contribution in [0.3, 0.4) is 0 Å². The van der Waals surface area contributed by atoms with Crippen LogP contribution in [0.2, 0.25) is 0 Å². The summed E-state index contributed by atoms with van der Waals surface area (Å²) in [6.07, 6.45) is 2.73. The first kappa shape index (κ1) is 18.4. The number of benzene rings is 1. The van der Waals surface area contributed by atoms with Gasteiger partial charge in [-0.1, -0.05) is 25.1 Å². The second-order valence-corrected chi connectivity index (χ2v) is 7.43. The summed E-state index contributed by atoms with van der Waals surface area (Å²) in [5, 5.41) is 0. The summed E-state index contributed by atoms with van der Waals surface area (Å²) in [6, 6.07) is 9.26. The van der Waals surface area contributed by atoms with E-state index in [2.05, 4.69) is 0 Å². The molecule has 0 spiro atoms. The fraction of sp³-hybridized carbons (Fsp3) is 0.550. The van der Waals surface area contributed by atoms with E-state index >= 15 is 0 Å². The zero-order valence-corrected chi connectivity index (χ0v) is 15.3. The van der Waals surface area contributed by atoms with Gasteiger partial charge < -0.3 is 15.5 Å². The van der Waals surface area contributed by atoms with Gasteiger partial charge in [-0.05, 0) is 37.8 Å². The van der Waals surface area contributed by atoms with E-state index in [-0.39, 0.29) is 23.6 Å². The first-order chi connectivity index (χ1) is 12.5. The zero-order valence-electron chi connectivity index (χ0n) is 15.3. The van der Waals surface area contributed by atoms with Crippen LogP contribution in [0.1, 0.15) is 43.0 Å². The lowest BCUT2D eigenvalue weighted by atomic mass is 9.74. The number of carbonyl (C=O) groups excluding carboxylic acids is 3. The minimum atomic E-state index is -0.431. The van der Waals surface area contributed by atoms with Crippen LogP contribution in [0, 0.1) is 11.3 Å². The van der Waals surface area contributed by atoms with Gasteiger partial charge in [0.05, 0.1) is 11.3 Å². The van der Waals surface area contributed by atoms with Gasteiger partial charge in [0.1, 0.15) is 0 Å². The molecule has 6 heteroatoms. The molecule has 0 saturated carbocycles. The van der Waals surface area contributed by atoms with Gasteiger partial charge in [-0.15, -0.1) is 0 Å². The Hall–Kier alpha value is -2.37. The fourth-order valence-electron chi connectivity index (χ4n) is 4.13. The Balaban J connectivity index is 1.64. The minimum Gasteiger partial charge on any atom is -0.369 e. The summed E-state index contributed by atoms with van der Waals surface area (Å²) >= 11 is 0. The van der Waals surface area contributed by atoms with Crippen LogP contribution in [-0.2, 0) is 9.59 Å². The molecule has 1 atom stereocenters. The number of likely N-dealkylation sites (tertiary alicyclic amines) is 2. The maximum absolute atomic E-state index is 13.1. The van der Waals surface area contributed by atoms with Gasteiger partial charge in [0.2, 0.25) is 11.8 Å². The average Bonchev–Trinajstić information content (AvgIpc) is 3.18. The van der Waals surface area contributed by atoms with Crippen molar-refractivity contribution in [1.29, 1.82) is 0 Å². The Bertz CT molecular complexity index is 681. The average molecular weight is 357 g/mol. The summed E-state index contributed by atoms with van der Waals surface area (Å²) in [7, 11) is 0. The number of rotatable bonds is 4. The monoisotopic (exact) mass is 357 g/mol. The Morgan fingerprint density at radius 1 is 1.08 bits per heavy atom. The number of hydrogen-bond donors (Lipinski definition) is 1. The Morgan fingerprint density at radius 3 is 2.27 bits per heavy atom. The van der Waals surface area contributed by atoms with E-state index in [1.165, 1.54) is 0 Å². The van der Waals surface area contributed by atoms with Crippen LogP contribution in [0.4, 0.5) is 0 Å². The summed E-state index contributed by atoms with van der Waals surface area (Å²) < 4.78 is 0. The third-order valence-electron chi connectivity index (χ3n) is 6.04. The Morgan fingerprint density at radius 2 is 1.73 bits per heavy atom. The second kappa shape index (κ2) is 7.48. The first-order valence-corrected chi connectivity index (χ1v) is 9.40. The van der Waals surface area contributed by atoms with Crippen LogP contribution in [-0.4, -0.2) is 53.7 Å². The van der Waals surface area contributed by atoms with Crippen molar-refractivity contribution in [2.75, 3.05) is 26.2 Å². The van der Waals surface area contributed by atoms with Crippen molar-refractivity contribution >= 4 is 17.7 Å². The summed E-state index contributed by atoms with van der Waals surface area (Å²) in [4.78, 5) is 40.8. The molecule has 6 nitrogen and oxygen atoms in total. The molecule has 2 heterocycles. The highest BCUT2D eigenvalue weighted by atomic mass is 16.2. The van der Waals surface area contributed by atoms with Gasteiger partial charge in [-0.25, -0.2) is 0 Å². The Kier molecular flexibility index (Phi) is 5.30. The molecule has 3 rings (SSSR count). The van der Waals surface area contributed by atoms with Crippen LogP contribution >= 0.6 is 0 Å². The number of piperidine rings is 1. The number of nitrogens with zero attached hydrogens (tertiary/aromatic N) is 2. The van der Waals surface area contributed by atoms with Crippen LogP contribution < -0.4 is 5.73 Å². The second-order valence-electron chi connectivity index (χ2n) is 7.43. The van der Waals surface area contributed by atoms with Crippen molar-refractivity contribution < 1.29 is 14.4 Å². The van der Waals surface area contributed by atoms with E-state index < -0.39 is 5.41 Å².